The molecule has 1 amide bonds. The average Bonchev–Trinajstić information content (AvgIpc) is 2.63. The number of halogens is 1. The van der Waals surface area contributed by atoms with Gasteiger partial charge in [-0.1, -0.05) is 18.2 Å². The second-order valence-corrected chi connectivity index (χ2v) is 4.99. The molecule has 0 aliphatic rings. The molecule has 0 radical (unpaired) electrons. The molecule has 1 aromatic carbocycles. The van der Waals surface area contributed by atoms with Gasteiger partial charge in [0.15, 0.2) is 6.20 Å². The Morgan fingerprint density at radius 1 is 1.25 bits per heavy atom. The highest BCUT2D eigenvalue weighted by molar-refractivity contribution is 5.91. The maximum absolute atomic E-state index is 12.1. The molecule has 0 spiro atoms. The molecule has 2 rings (SSSR count). The van der Waals surface area contributed by atoms with Gasteiger partial charge in [0.25, 0.3) is 5.91 Å². The van der Waals surface area contributed by atoms with Crippen molar-refractivity contribution in [3.05, 3.63) is 47.3 Å². The van der Waals surface area contributed by atoms with Gasteiger partial charge in [0, 0.05) is 11.3 Å². The molecule has 108 valence electrons. The minimum Gasteiger partial charge on any atom is -1.00 e. The van der Waals surface area contributed by atoms with E-state index in [2.05, 4.69) is 5.32 Å². The summed E-state index contributed by atoms with van der Waals surface area (Å²) in [7, 11) is 1.93. The van der Waals surface area contributed by atoms with Gasteiger partial charge in [-0.25, -0.2) is 0 Å². The minimum absolute atomic E-state index is 0. The molecule has 0 aliphatic heterocycles. The van der Waals surface area contributed by atoms with Crippen LogP contribution in [0, 0.1) is 20.8 Å². The van der Waals surface area contributed by atoms with Gasteiger partial charge in [-0.05, 0) is 31.9 Å². The third kappa shape index (κ3) is 3.70. The average molecular weight is 338 g/mol. The van der Waals surface area contributed by atoms with Gasteiger partial charge in [0.05, 0.1) is 13.2 Å². The van der Waals surface area contributed by atoms with Crippen LogP contribution in [0.3, 0.4) is 0 Å². The number of nitrogens with zero attached hydrogens (tertiary/aromatic N) is 2. The molecule has 0 saturated carbocycles. The van der Waals surface area contributed by atoms with E-state index in [4.69, 9.17) is 0 Å². The van der Waals surface area contributed by atoms with Crippen molar-refractivity contribution in [2.24, 2.45) is 7.05 Å². The largest absolute Gasteiger partial charge is 1.00 e. The number of anilines is 1. The van der Waals surface area contributed by atoms with Crippen molar-refractivity contribution < 1.29 is 26.5 Å². The Bertz CT molecular complexity index is 599. The van der Waals surface area contributed by atoms with Crippen LogP contribution in [0.1, 0.15) is 16.7 Å². The van der Waals surface area contributed by atoms with Crippen LogP contribution in [0.25, 0.3) is 0 Å². The van der Waals surface area contributed by atoms with Crippen LogP contribution < -0.4 is 27.0 Å². The minimum atomic E-state index is -0.0106. The van der Waals surface area contributed by atoms with E-state index in [0.717, 1.165) is 22.4 Å². The number of aryl methyl sites for hydroxylation is 4. The highest BCUT2D eigenvalue weighted by Gasteiger charge is 2.15. The molecule has 1 N–H and O–H groups in total. The van der Waals surface area contributed by atoms with Gasteiger partial charge in [-0.2, -0.15) is 4.68 Å². The lowest BCUT2D eigenvalue weighted by Crippen LogP contribution is -3.00. The monoisotopic (exact) mass is 337 g/mol. The number of hydrogen-bond donors (Lipinski definition) is 1. The van der Waals surface area contributed by atoms with Gasteiger partial charge < -0.3 is 22.3 Å². The maximum atomic E-state index is 12.1. The molecule has 5 heteroatoms. The van der Waals surface area contributed by atoms with Crippen LogP contribution in [0.5, 0.6) is 0 Å². The van der Waals surface area contributed by atoms with Gasteiger partial charge in [0.1, 0.15) is 0 Å². The molecular weight excluding hydrogens is 318 g/mol. The Hall–Kier alpha value is -1.62. The highest BCUT2D eigenvalue weighted by atomic mass is 79.9. The van der Waals surface area contributed by atoms with Crippen molar-refractivity contribution in [3.63, 3.8) is 0 Å². The fourth-order valence-corrected chi connectivity index (χ4v) is 2.22. The maximum Gasteiger partial charge on any atom is 0.292 e. The summed E-state index contributed by atoms with van der Waals surface area (Å²) in [6, 6.07) is 6.00. The van der Waals surface area contributed by atoms with Gasteiger partial charge in [-0.15, -0.1) is 4.68 Å². The lowest BCUT2D eigenvalue weighted by atomic mass is 10.1. The van der Waals surface area contributed by atoms with Gasteiger partial charge >= 0.3 is 0 Å². The first-order chi connectivity index (χ1) is 8.97. The normalized spacial score (nSPS) is 10.0. The van der Waals surface area contributed by atoms with Crippen molar-refractivity contribution in [1.82, 2.24) is 4.68 Å². The number of carbonyl (C=O) groups is 1. The van der Waals surface area contributed by atoms with Crippen LogP contribution >= 0.6 is 0 Å². The smallest absolute Gasteiger partial charge is 0.292 e. The van der Waals surface area contributed by atoms with Crippen LogP contribution in [0.15, 0.2) is 30.6 Å². The van der Waals surface area contributed by atoms with Crippen molar-refractivity contribution in [1.29, 1.82) is 0 Å². The predicted octanol–water partition coefficient (Wildman–Crippen LogP) is -1.12. The molecule has 0 unspecified atom stereocenters. The summed E-state index contributed by atoms with van der Waals surface area (Å²) < 4.78 is 3.80. The second kappa shape index (κ2) is 6.70. The number of rotatable bonds is 3. The molecule has 0 saturated heterocycles. The van der Waals surface area contributed by atoms with Crippen molar-refractivity contribution in [2.45, 2.75) is 27.3 Å². The molecule has 0 fully saturated rings. The Balaban J connectivity index is 0.00000200. The highest BCUT2D eigenvalue weighted by Crippen LogP contribution is 2.19. The summed E-state index contributed by atoms with van der Waals surface area (Å²) in [4.78, 5) is 12.1. The summed E-state index contributed by atoms with van der Waals surface area (Å²) in [5.41, 5.74) is 4.23. The molecular formula is C15H20BrN3O. The number of nitrogens with one attached hydrogen (secondary N) is 1. The third-order valence-electron chi connectivity index (χ3n) is 3.20. The first kappa shape index (κ1) is 16.4. The molecule has 0 aliphatic carbocycles. The molecule has 0 bridgehead atoms. The predicted molar refractivity (Wildman–Crippen MR) is 74.9 cm³/mol. The topological polar surface area (TPSA) is 37.9 Å². The van der Waals surface area contributed by atoms with E-state index in [1.165, 1.54) is 0 Å². The SMILES string of the molecule is Cc1cn(C)[n+](CC(=O)Nc2c(C)cccc2C)c1.[Br-]. The zero-order valence-corrected chi connectivity index (χ0v) is 13.9. The first-order valence-electron chi connectivity index (χ1n) is 6.36. The van der Waals surface area contributed by atoms with Crippen LogP contribution in [0.2, 0.25) is 0 Å². The molecule has 1 heterocycles. The van der Waals surface area contributed by atoms with E-state index >= 15 is 0 Å². The number of benzene rings is 1. The number of aromatic nitrogens is 2. The molecule has 0 atom stereocenters. The first-order valence-corrected chi connectivity index (χ1v) is 6.36. The molecule has 4 nitrogen and oxygen atoms in total. The third-order valence-corrected chi connectivity index (χ3v) is 3.20. The number of hydrogen-bond acceptors (Lipinski definition) is 1. The zero-order chi connectivity index (χ0) is 14.0. The molecule has 2 aromatic rings. The van der Waals surface area contributed by atoms with Gasteiger partial charge in [-0.3, -0.25) is 4.79 Å². The fourth-order valence-electron chi connectivity index (χ4n) is 2.22. The van der Waals surface area contributed by atoms with Crippen LogP contribution in [-0.4, -0.2) is 10.6 Å². The van der Waals surface area contributed by atoms with Crippen molar-refractivity contribution in [3.8, 4) is 0 Å². The Morgan fingerprint density at radius 3 is 2.35 bits per heavy atom. The standard InChI is InChI=1S/C15H19N3O.BrH/c1-11-8-17(4)18(9-11)10-14(19)16-15-12(2)6-5-7-13(15)3;/h5-9H,10H2,1-4H3;1H. The van der Waals surface area contributed by atoms with Crippen molar-refractivity contribution >= 4 is 11.6 Å². The lowest BCUT2D eigenvalue weighted by Gasteiger charge is -2.09. The van der Waals surface area contributed by atoms with Gasteiger partial charge in [0.2, 0.25) is 6.54 Å². The molecule has 1 aromatic heterocycles. The van der Waals surface area contributed by atoms with Crippen LogP contribution in [0.4, 0.5) is 5.69 Å². The zero-order valence-electron chi connectivity index (χ0n) is 12.3. The summed E-state index contributed by atoms with van der Waals surface area (Å²) >= 11 is 0. The Kier molecular flexibility index (Phi) is 5.51. The Labute approximate surface area is 130 Å². The number of carbonyl (C=O) groups excluding carboxylic acids is 1. The van der Waals surface area contributed by atoms with Crippen LogP contribution in [-0.2, 0) is 18.4 Å². The van der Waals surface area contributed by atoms with E-state index < -0.39 is 0 Å². The summed E-state index contributed by atoms with van der Waals surface area (Å²) in [6.07, 6.45) is 3.95. The van der Waals surface area contributed by atoms with Crippen molar-refractivity contribution in [2.75, 3.05) is 5.32 Å². The number of para-hydroxylation sites is 1. The quantitative estimate of drug-likeness (QED) is 0.708. The van der Waals surface area contributed by atoms with E-state index in [1.54, 1.807) is 0 Å². The Morgan fingerprint density at radius 2 is 1.85 bits per heavy atom. The molecule has 20 heavy (non-hydrogen) atoms. The second-order valence-electron chi connectivity index (χ2n) is 4.99. The van der Waals surface area contributed by atoms with E-state index in [9.17, 15) is 4.79 Å². The summed E-state index contributed by atoms with van der Waals surface area (Å²) in [5, 5.41) is 2.99. The number of amides is 1. The summed E-state index contributed by atoms with van der Waals surface area (Å²) in [6.45, 7) is 6.34. The summed E-state index contributed by atoms with van der Waals surface area (Å²) in [5.74, 6) is -0.0106. The van der Waals surface area contributed by atoms with E-state index in [0.29, 0.717) is 6.54 Å². The van der Waals surface area contributed by atoms with E-state index in [-0.39, 0.29) is 22.9 Å². The fraction of sp³-hybridized carbons (Fsp3) is 0.333. The lowest BCUT2D eigenvalue weighted by molar-refractivity contribution is -0.762. The van der Waals surface area contributed by atoms with E-state index in [1.807, 2.05) is 67.8 Å².